The third-order valence-corrected chi connectivity index (χ3v) is 5.03. The van der Waals surface area contributed by atoms with Crippen LogP contribution in [0, 0.1) is 24.5 Å². The van der Waals surface area contributed by atoms with Crippen LogP contribution in [0.1, 0.15) is 50.8 Å². The maximum atomic E-state index is 13.9. The van der Waals surface area contributed by atoms with E-state index in [-0.39, 0.29) is 11.9 Å². The SMILES string of the molecule is C#C.CCCNC.CCCOC(O)NCC.CN1CC(c2cc(F)ccc2F)=CC1c1ccccc1. The fourth-order valence-electron chi connectivity index (χ4n) is 3.37. The van der Waals surface area contributed by atoms with E-state index in [4.69, 9.17) is 9.84 Å². The highest BCUT2D eigenvalue weighted by atomic mass is 19.1. The molecule has 36 heavy (non-hydrogen) atoms. The minimum atomic E-state index is -0.782. The number of halogens is 2. The van der Waals surface area contributed by atoms with Gasteiger partial charge in [0.25, 0.3) is 0 Å². The number of likely N-dealkylation sites (N-methyl/N-ethyl adjacent to an activating group) is 1. The maximum absolute atomic E-state index is 13.9. The van der Waals surface area contributed by atoms with Crippen molar-refractivity contribution in [3.05, 3.63) is 77.4 Å². The third kappa shape index (κ3) is 12.9. The van der Waals surface area contributed by atoms with Crippen LogP contribution in [0.15, 0.2) is 54.6 Å². The zero-order valence-corrected chi connectivity index (χ0v) is 22.3. The summed E-state index contributed by atoms with van der Waals surface area (Å²) in [5, 5.41) is 14.6. The highest BCUT2D eigenvalue weighted by Crippen LogP contribution is 2.34. The molecular weight excluding hydrogens is 460 g/mol. The molecular formula is C29H43F2N3O2. The van der Waals surface area contributed by atoms with Crippen molar-refractivity contribution in [2.45, 2.75) is 46.1 Å². The van der Waals surface area contributed by atoms with Crippen molar-refractivity contribution in [1.82, 2.24) is 15.5 Å². The van der Waals surface area contributed by atoms with Crippen LogP contribution in [-0.2, 0) is 4.74 Å². The molecule has 1 aliphatic rings. The zero-order valence-electron chi connectivity index (χ0n) is 22.3. The second-order valence-corrected chi connectivity index (χ2v) is 7.97. The van der Waals surface area contributed by atoms with E-state index >= 15 is 0 Å². The van der Waals surface area contributed by atoms with Crippen LogP contribution in [0.4, 0.5) is 8.78 Å². The molecule has 1 aliphatic heterocycles. The van der Waals surface area contributed by atoms with Crippen LogP contribution in [-0.4, -0.2) is 56.8 Å². The Morgan fingerprint density at radius 2 is 1.75 bits per heavy atom. The number of nitrogens with zero attached hydrogens (tertiary/aromatic N) is 1. The van der Waals surface area contributed by atoms with Gasteiger partial charge in [-0.2, -0.15) is 0 Å². The predicted molar refractivity (Wildman–Crippen MR) is 146 cm³/mol. The summed E-state index contributed by atoms with van der Waals surface area (Å²) in [6.45, 7) is 9.15. The molecule has 3 rings (SSSR count). The van der Waals surface area contributed by atoms with Gasteiger partial charge >= 0.3 is 0 Å². The molecule has 7 heteroatoms. The molecule has 2 aromatic rings. The van der Waals surface area contributed by atoms with E-state index in [1.54, 1.807) is 0 Å². The Kier molecular flexibility index (Phi) is 19.1. The first kappa shape index (κ1) is 33.4. The highest BCUT2D eigenvalue weighted by Gasteiger charge is 2.25. The number of aliphatic hydroxyl groups is 1. The van der Waals surface area contributed by atoms with Gasteiger partial charge in [0.2, 0.25) is 6.41 Å². The Balaban J connectivity index is 0.000000640. The third-order valence-electron chi connectivity index (χ3n) is 5.03. The van der Waals surface area contributed by atoms with Gasteiger partial charge in [0.15, 0.2) is 0 Å². The average molecular weight is 504 g/mol. The quantitative estimate of drug-likeness (QED) is 0.325. The Morgan fingerprint density at radius 1 is 1.08 bits per heavy atom. The van der Waals surface area contributed by atoms with E-state index in [9.17, 15) is 8.78 Å². The van der Waals surface area contributed by atoms with Crippen molar-refractivity contribution >= 4 is 5.57 Å². The smallest absolute Gasteiger partial charge is 0.213 e. The molecule has 2 aromatic carbocycles. The lowest BCUT2D eigenvalue weighted by Crippen LogP contribution is -2.31. The number of hydrogen-bond acceptors (Lipinski definition) is 5. The number of hydrogen-bond donors (Lipinski definition) is 3. The van der Waals surface area contributed by atoms with Crippen molar-refractivity contribution in [2.24, 2.45) is 0 Å². The molecule has 200 valence electrons. The van der Waals surface area contributed by atoms with E-state index < -0.39 is 12.2 Å². The number of terminal acetylenes is 1. The number of rotatable bonds is 9. The molecule has 0 radical (unpaired) electrons. The monoisotopic (exact) mass is 503 g/mol. The molecule has 0 saturated heterocycles. The van der Waals surface area contributed by atoms with Crippen LogP contribution >= 0.6 is 0 Å². The van der Waals surface area contributed by atoms with Crippen LogP contribution in [0.5, 0.6) is 0 Å². The van der Waals surface area contributed by atoms with E-state index in [0.717, 1.165) is 36.7 Å². The molecule has 0 spiro atoms. The fourth-order valence-corrected chi connectivity index (χ4v) is 3.37. The summed E-state index contributed by atoms with van der Waals surface area (Å²) in [5.74, 6) is -0.784. The van der Waals surface area contributed by atoms with Crippen molar-refractivity contribution in [1.29, 1.82) is 0 Å². The van der Waals surface area contributed by atoms with Crippen LogP contribution in [0.25, 0.3) is 5.57 Å². The first-order valence-corrected chi connectivity index (χ1v) is 12.3. The highest BCUT2D eigenvalue weighted by molar-refractivity contribution is 5.70. The Labute approximate surface area is 216 Å². The number of ether oxygens (including phenoxy) is 1. The summed E-state index contributed by atoms with van der Waals surface area (Å²) in [5.41, 5.74) is 2.34. The second kappa shape index (κ2) is 20.6. The van der Waals surface area contributed by atoms with E-state index in [1.807, 2.05) is 64.4 Å². The normalized spacial score (nSPS) is 15.3. The lowest BCUT2D eigenvalue weighted by Gasteiger charge is -2.19. The molecule has 2 atom stereocenters. The number of benzene rings is 2. The van der Waals surface area contributed by atoms with Crippen molar-refractivity contribution in [3.63, 3.8) is 0 Å². The lowest BCUT2D eigenvalue weighted by molar-refractivity contribution is -0.118. The Morgan fingerprint density at radius 3 is 2.28 bits per heavy atom. The van der Waals surface area contributed by atoms with Crippen molar-refractivity contribution in [2.75, 3.05) is 40.3 Å². The summed E-state index contributed by atoms with van der Waals surface area (Å²) in [7, 11) is 3.95. The summed E-state index contributed by atoms with van der Waals surface area (Å²) in [4.78, 5) is 2.12. The molecule has 0 fully saturated rings. The van der Waals surface area contributed by atoms with Gasteiger partial charge in [-0.3, -0.25) is 10.2 Å². The standard InChI is InChI=1S/C17H15F2N.C6H15NO2.C4H11N.C2H2/c1-20-11-13(15-10-14(18)7-8-16(15)19)9-17(20)12-5-3-2-4-6-12;1-3-5-9-6(8)7-4-2;1-3-4-5-2;1-2/h2-10,17H,11H2,1H3;6-8H,3-5H2,1-2H3;5H,3-4H2,1-2H3;1-2H. The molecule has 0 saturated carbocycles. The zero-order chi connectivity index (χ0) is 27.3. The molecule has 0 aromatic heterocycles. The van der Waals surface area contributed by atoms with E-state index in [1.165, 1.54) is 18.6 Å². The van der Waals surface area contributed by atoms with Gasteiger partial charge in [0, 0.05) is 12.1 Å². The van der Waals surface area contributed by atoms with E-state index in [2.05, 4.69) is 35.3 Å². The fraction of sp³-hybridized carbons (Fsp3) is 0.448. The minimum absolute atomic E-state index is 0.105. The molecule has 0 amide bonds. The van der Waals surface area contributed by atoms with Crippen LogP contribution in [0.3, 0.4) is 0 Å². The summed E-state index contributed by atoms with van der Waals surface area (Å²) in [6.07, 6.45) is 11.4. The van der Waals surface area contributed by atoms with Gasteiger partial charge in [0.05, 0.1) is 12.6 Å². The van der Waals surface area contributed by atoms with Gasteiger partial charge in [-0.15, -0.1) is 12.8 Å². The molecule has 0 aliphatic carbocycles. The van der Waals surface area contributed by atoms with Gasteiger partial charge in [-0.25, -0.2) is 8.78 Å². The summed E-state index contributed by atoms with van der Waals surface area (Å²) >= 11 is 0. The maximum Gasteiger partial charge on any atom is 0.213 e. The van der Waals surface area contributed by atoms with E-state index in [0.29, 0.717) is 18.7 Å². The Hall–Kier alpha value is -2.60. The molecule has 3 N–H and O–H groups in total. The lowest BCUT2D eigenvalue weighted by atomic mass is 10.0. The van der Waals surface area contributed by atoms with Gasteiger partial charge < -0.3 is 15.2 Å². The minimum Gasteiger partial charge on any atom is -0.356 e. The van der Waals surface area contributed by atoms with Crippen molar-refractivity contribution in [3.8, 4) is 12.8 Å². The largest absolute Gasteiger partial charge is 0.356 e. The molecule has 1 heterocycles. The van der Waals surface area contributed by atoms with Gasteiger partial charge in [-0.1, -0.05) is 57.2 Å². The first-order chi connectivity index (χ1) is 17.4. The average Bonchev–Trinajstić information content (AvgIpc) is 3.28. The van der Waals surface area contributed by atoms with Crippen LogP contribution < -0.4 is 10.6 Å². The van der Waals surface area contributed by atoms with Crippen LogP contribution in [0.2, 0.25) is 0 Å². The summed E-state index contributed by atoms with van der Waals surface area (Å²) < 4.78 is 32.0. The molecule has 2 unspecified atom stereocenters. The summed E-state index contributed by atoms with van der Waals surface area (Å²) in [6, 6.07) is 13.7. The topological polar surface area (TPSA) is 56.8 Å². The predicted octanol–water partition coefficient (Wildman–Crippen LogP) is 5.20. The number of nitrogens with one attached hydrogen (secondary N) is 2. The second-order valence-electron chi connectivity index (χ2n) is 7.97. The molecule has 0 bridgehead atoms. The van der Waals surface area contributed by atoms with Gasteiger partial charge in [0.1, 0.15) is 11.6 Å². The van der Waals surface area contributed by atoms with Gasteiger partial charge in [-0.05, 0) is 69.4 Å². The van der Waals surface area contributed by atoms with Crippen molar-refractivity contribution < 1.29 is 18.6 Å². The Bertz CT molecular complexity index is 873. The number of aliphatic hydroxyl groups excluding tert-OH is 1. The first-order valence-electron chi connectivity index (χ1n) is 12.3. The molecule has 5 nitrogen and oxygen atoms in total.